The molecule has 0 bridgehead atoms. The van der Waals surface area contributed by atoms with E-state index in [2.05, 4.69) is 9.89 Å². The topological polar surface area (TPSA) is 57.8 Å². The molecule has 0 aliphatic carbocycles. The molecule has 0 atom stereocenters. The van der Waals surface area contributed by atoms with E-state index in [1.54, 1.807) is 7.05 Å². The molecule has 3 rings (SSSR count). The van der Waals surface area contributed by atoms with Crippen LogP contribution in [0.1, 0.15) is 5.56 Å². The van der Waals surface area contributed by atoms with E-state index in [0.29, 0.717) is 5.39 Å². The van der Waals surface area contributed by atoms with E-state index in [1.807, 2.05) is 25.2 Å². The zero-order valence-corrected chi connectivity index (χ0v) is 10.9. The van der Waals surface area contributed by atoms with Crippen LogP contribution in [0.2, 0.25) is 0 Å². The van der Waals surface area contributed by atoms with Crippen LogP contribution in [0.25, 0.3) is 10.8 Å². The Hall–Kier alpha value is -2.30. The monoisotopic (exact) mass is 257 g/mol. The van der Waals surface area contributed by atoms with Crippen LogP contribution in [0, 0.1) is 0 Å². The Morgan fingerprint density at radius 3 is 2.74 bits per heavy atom. The third-order valence-electron chi connectivity index (χ3n) is 3.54. The summed E-state index contributed by atoms with van der Waals surface area (Å²) in [5.74, 6) is 0.929. The number of hydrogen-bond donors (Lipinski definition) is 1. The molecule has 5 heteroatoms. The number of likely N-dealkylation sites (N-methyl/N-ethyl adjacent to an activating group) is 1. The normalized spacial score (nSPS) is 15.1. The van der Waals surface area contributed by atoms with Gasteiger partial charge >= 0.3 is 0 Å². The molecular formula is C14H15N3O2. The molecule has 1 aromatic carbocycles. The minimum Gasteiger partial charge on any atom is -0.494 e. The molecule has 0 amide bonds. The average Bonchev–Trinajstić information content (AvgIpc) is 2.82. The van der Waals surface area contributed by atoms with Crippen molar-refractivity contribution in [3.8, 4) is 5.88 Å². The highest BCUT2D eigenvalue weighted by molar-refractivity contribution is 6.03. The van der Waals surface area contributed by atoms with Gasteiger partial charge in [0.25, 0.3) is 5.56 Å². The van der Waals surface area contributed by atoms with Crippen molar-refractivity contribution >= 4 is 16.6 Å². The molecule has 0 radical (unpaired) electrons. The number of nitrogens with zero attached hydrogens (tertiary/aromatic N) is 3. The molecule has 1 aliphatic heterocycles. The van der Waals surface area contributed by atoms with Gasteiger partial charge in [-0.2, -0.15) is 0 Å². The number of pyridine rings is 1. The quantitative estimate of drug-likeness (QED) is 0.827. The summed E-state index contributed by atoms with van der Waals surface area (Å²) in [4.78, 5) is 18.3. The van der Waals surface area contributed by atoms with E-state index in [1.165, 1.54) is 10.6 Å². The van der Waals surface area contributed by atoms with Crippen molar-refractivity contribution in [3.63, 3.8) is 0 Å². The summed E-state index contributed by atoms with van der Waals surface area (Å²) in [6, 6.07) is 7.19. The summed E-state index contributed by atoms with van der Waals surface area (Å²) in [7, 11) is 3.55. The number of aromatic hydroxyl groups is 1. The molecule has 2 heterocycles. The molecule has 1 aliphatic rings. The number of amidine groups is 1. The fraction of sp³-hybridized carbons (Fsp3) is 0.286. The molecule has 0 fully saturated rings. The second kappa shape index (κ2) is 4.12. The van der Waals surface area contributed by atoms with Gasteiger partial charge in [-0.05, 0) is 17.5 Å². The molecule has 19 heavy (non-hydrogen) atoms. The first-order chi connectivity index (χ1) is 9.08. The number of benzene rings is 1. The molecular weight excluding hydrogens is 242 g/mol. The van der Waals surface area contributed by atoms with E-state index in [0.717, 1.165) is 29.9 Å². The lowest BCUT2D eigenvalue weighted by Crippen LogP contribution is -2.23. The van der Waals surface area contributed by atoms with Gasteiger partial charge in [0.2, 0.25) is 5.88 Å². The first kappa shape index (κ1) is 11.8. The Kier molecular flexibility index (Phi) is 2.55. The van der Waals surface area contributed by atoms with E-state index < -0.39 is 0 Å². The van der Waals surface area contributed by atoms with Gasteiger partial charge in [-0.15, -0.1) is 0 Å². The Labute approximate surface area is 110 Å². The van der Waals surface area contributed by atoms with Gasteiger partial charge in [0, 0.05) is 37.7 Å². The lowest BCUT2D eigenvalue weighted by atomic mass is 10.1. The lowest BCUT2D eigenvalue weighted by molar-refractivity contribution is 0.430. The maximum absolute atomic E-state index is 11.7. The van der Waals surface area contributed by atoms with Gasteiger partial charge < -0.3 is 10.0 Å². The van der Waals surface area contributed by atoms with Crippen LogP contribution in [0.4, 0.5) is 0 Å². The first-order valence-electron chi connectivity index (χ1n) is 6.16. The second-order valence-electron chi connectivity index (χ2n) is 4.79. The Bertz CT molecular complexity index is 746. The van der Waals surface area contributed by atoms with Gasteiger partial charge in [-0.3, -0.25) is 14.4 Å². The van der Waals surface area contributed by atoms with Crippen molar-refractivity contribution in [3.05, 3.63) is 40.2 Å². The fourth-order valence-corrected chi connectivity index (χ4v) is 2.38. The maximum Gasteiger partial charge on any atom is 0.253 e. The summed E-state index contributed by atoms with van der Waals surface area (Å²) in [6.45, 7) is 1.71. The Morgan fingerprint density at radius 1 is 1.26 bits per heavy atom. The van der Waals surface area contributed by atoms with Crippen LogP contribution in [-0.2, 0) is 7.05 Å². The smallest absolute Gasteiger partial charge is 0.253 e. The minimum atomic E-state index is -0.219. The molecule has 1 aromatic heterocycles. The van der Waals surface area contributed by atoms with E-state index in [4.69, 9.17) is 0 Å². The van der Waals surface area contributed by atoms with E-state index in [-0.39, 0.29) is 11.4 Å². The number of rotatable bonds is 1. The molecule has 5 nitrogen and oxygen atoms in total. The Morgan fingerprint density at radius 2 is 2.05 bits per heavy atom. The third kappa shape index (κ3) is 1.78. The van der Waals surface area contributed by atoms with Crippen LogP contribution in [0.5, 0.6) is 5.88 Å². The molecule has 0 saturated heterocycles. The van der Waals surface area contributed by atoms with Crippen LogP contribution in [0.15, 0.2) is 34.1 Å². The van der Waals surface area contributed by atoms with Gasteiger partial charge in [-0.25, -0.2) is 0 Å². The standard InChI is InChI=1S/C14H15N3O2/c1-16-6-5-15-13(16)9-3-4-11-10(7-9)8-12(18)17(2)14(11)19/h3-4,7-8,19H,5-6H2,1-2H3. The molecule has 0 spiro atoms. The molecule has 0 unspecified atom stereocenters. The molecule has 1 N–H and O–H groups in total. The number of aliphatic imine (C=N–C) groups is 1. The van der Waals surface area contributed by atoms with Crippen molar-refractivity contribution in [2.24, 2.45) is 12.0 Å². The van der Waals surface area contributed by atoms with Crippen molar-refractivity contribution in [1.29, 1.82) is 0 Å². The lowest BCUT2D eigenvalue weighted by Gasteiger charge is -2.14. The summed E-state index contributed by atoms with van der Waals surface area (Å²) >= 11 is 0. The highest BCUT2D eigenvalue weighted by Crippen LogP contribution is 2.24. The maximum atomic E-state index is 11.7. The number of fused-ring (bicyclic) bond motifs is 1. The third-order valence-corrected chi connectivity index (χ3v) is 3.54. The Balaban J connectivity index is 2.22. The van der Waals surface area contributed by atoms with Crippen molar-refractivity contribution < 1.29 is 5.11 Å². The number of aromatic nitrogens is 1. The summed E-state index contributed by atoms with van der Waals surface area (Å²) < 4.78 is 1.24. The van der Waals surface area contributed by atoms with Gasteiger partial charge in [-0.1, -0.05) is 6.07 Å². The van der Waals surface area contributed by atoms with Crippen LogP contribution < -0.4 is 5.56 Å². The first-order valence-corrected chi connectivity index (χ1v) is 6.16. The predicted molar refractivity (Wildman–Crippen MR) is 74.9 cm³/mol. The van der Waals surface area contributed by atoms with E-state index >= 15 is 0 Å². The molecule has 0 saturated carbocycles. The average molecular weight is 257 g/mol. The molecule has 98 valence electrons. The largest absolute Gasteiger partial charge is 0.494 e. The van der Waals surface area contributed by atoms with Gasteiger partial charge in [0.05, 0.1) is 6.54 Å². The van der Waals surface area contributed by atoms with E-state index in [9.17, 15) is 9.90 Å². The van der Waals surface area contributed by atoms with Crippen LogP contribution in [-0.4, -0.2) is 40.5 Å². The molecule has 2 aromatic rings. The minimum absolute atomic E-state index is 0.00392. The number of hydrogen-bond acceptors (Lipinski definition) is 4. The van der Waals surface area contributed by atoms with Gasteiger partial charge in [0.1, 0.15) is 5.84 Å². The second-order valence-corrected chi connectivity index (χ2v) is 4.79. The summed E-state index contributed by atoms with van der Waals surface area (Å²) in [5, 5.41) is 11.4. The van der Waals surface area contributed by atoms with Crippen molar-refractivity contribution in [2.75, 3.05) is 20.1 Å². The zero-order chi connectivity index (χ0) is 13.6. The highest BCUT2D eigenvalue weighted by Gasteiger charge is 2.15. The zero-order valence-electron chi connectivity index (χ0n) is 10.9. The summed E-state index contributed by atoms with van der Waals surface area (Å²) in [5.41, 5.74) is 0.754. The highest BCUT2D eigenvalue weighted by atomic mass is 16.3. The van der Waals surface area contributed by atoms with Crippen LogP contribution >= 0.6 is 0 Å². The summed E-state index contributed by atoms with van der Waals surface area (Å²) in [6.07, 6.45) is 0. The van der Waals surface area contributed by atoms with Crippen molar-refractivity contribution in [2.45, 2.75) is 0 Å². The fourth-order valence-electron chi connectivity index (χ4n) is 2.38. The SMILES string of the molecule is CN1CCN=C1c1ccc2c(O)n(C)c(=O)cc2c1. The predicted octanol–water partition coefficient (Wildman–Crippen LogP) is 0.936. The van der Waals surface area contributed by atoms with Crippen molar-refractivity contribution in [1.82, 2.24) is 9.47 Å². The van der Waals surface area contributed by atoms with Crippen LogP contribution in [0.3, 0.4) is 0 Å². The van der Waals surface area contributed by atoms with Gasteiger partial charge in [0.15, 0.2) is 0 Å².